The highest BCUT2D eigenvalue weighted by molar-refractivity contribution is 7.12. The van der Waals surface area contributed by atoms with E-state index >= 15 is 0 Å². The van der Waals surface area contributed by atoms with Crippen LogP contribution in [-0.2, 0) is 19.0 Å². The van der Waals surface area contributed by atoms with Crippen LogP contribution in [0.1, 0.15) is 32.9 Å². The molecule has 0 radical (unpaired) electrons. The molecule has 0 aliphatic carbocycles. The van der Waals surface area contributed by atoms with Crippen LogP contribution in [0, 0.1) is 13.8 Å². The number of alkyl halides is 3. The number of benzene rings is 2. The minimum atomic E-state index is -4.35. The maximum atomic E-state index is 13.4. The molecule has 1 N–H and O–H groups in total. The first-order valence-electron chi connectivity index (χ1n) is 8.80. The molecule has 0 bridgehead atoms. The summed E-state index contributed by atoms with van der Waals surface area (Å²) >= 11 is 0.840. The Hall–Kier alpha value is -2.27. The van der Waals surface area contributed by atoms with E-state index in [-0.39, 0.29) is 5.56 Å². The summed E-state index contributed by atoms with van der Waals surface area (Å²) in [7, 11) is 0. The lowest BCUT2D eigenvalue weighted by atomic mass is 10.0. The van der Waals surface area contributed by atoms with Gasteiger partial charge in [0, 0.05) is 10.4 Å². The summed E-state index contributed by atoms with van der Waals surface area (Å²) in [4.78, 5) is 0.216. The number of halogens is 3. The van der Waals surface area contributed by atoms with E-state index in [0.717, 1.165) is 45.7 Å². The molecule has 0 saturated heterocycles. The van der Waals surface area contributed by atoms with Crippen molar-refractivity contribution in [3.05, 3.63) is 75.0 Å². The molecule has 27 heavy (non-hydrogen) atoms. The fourth-order valence-corrected chi connectivity index (χ4v) is 4.35. The maximum Gasteiger partial charge on any atom is 0.426 e. The Labute approximate surface area is 161 Å². The second-order valence-electron chi connectivity index (χ2n) is 6.75. The summed E-state index contributed by atoms with van der Waals surface area (Å²) in [6, 6.07) is 14.3. The van der Waals surface area contributed by atoms with E-state index in [1.165, 1.54) is 0 Å². The first kappa shape index (κ1) is 19.5. The molecule has 0 spiro atoms. The van der Waals surface area contributed by atoms with E-state index in [4.69, 9.17) is 0 Å². The average molecular weight is 390 g/mol. The monoisotopic (exact) mass is 390 g/mol. The molecule has 2 aromatic carbocycles. The van der Waals surface area contributed by atoms with Gasteiger partial charge in [-0.1, -0.05) is 42.5 Å². The largest absolute Gasteiger partial charge is 0.507 e. The van der Waals surface area contributed by atoms with Gasteiger partial charge in [0.05, 0.1) is 0 Å². The van der Waals surface area contributed by atoms with Crippen LogP contribution in [0.5, 0.6) is 5.75 Å². The summed E-state index contributed by atoms with van der Waals surface area (Å²) in [6.45, 7) is 3.71. The zero-order valence-electron chi connectivity index (χ0n) is 15.2. The van der Waals surface area contributed by atoms with Crippen LogP contribution in [-0.4, -0.2) is 5.11 Å². The summed E-state index contributed by atoms with van der Waals surface area (Å²) in [5.41, 5.74) is 3.61. The molecule has 3 rings (SSSR count). The third-order valence-corrected chi connectivity index (χ3v) is 5.80. The van der Waals surface area contributed by atoms with Crippen LogP contribution in [0.25, 0.3) is 11.1 Å². The van der Waals surface area contributed by atoms with Crippen molar-refractivity contribution in [3.8, 4) is 16.9 Å². The van der Waals surface area contributed by atoms with Gasteiger partial charge in [-0.2, -0.15) is 13.2 Å². The van der Waals surface area contributed by atoms with E-state index in [0.29, 0.717) is 17.7 Å². The molecule has 0 unspecified atom stereocenters. The lowest BCUT2D eigenvalue weighted by Crippen LogP contribution is -2.03. The maximum absolute atomic E-state index is 13.4. The van der Waals surface area contributed by atoms with E-state index in [1.54, 1.807) is 36.4 Å². The number of phenols is 1. The smallest absolute Gasteiger partial charge is 0.426 e. The first-order chi connectivity index (χ1) is 12.8. The van der Waals surface area contributed by atoms with Gasteiger partial charge in [0.2, 0.25) is 0 Å². The lowest BCUT2D eigenvalue weighted by Gasteiger charge is -2.07. The quantitative estimate of drug-likeness (QED) is 0.501. The second-order valence-corrected chi connectivity index (χ2v) is 7.89. The van der Waals surface area contributed by atoms with E-state index in [1.807, 2.05) is 26.0 Å². The SMILES string of the molecule is Cc1cc(CCCc2cc(-c3ccccc3)c(C(F)(F)F)s2)cc(C)c1O. The zero-order valence-corrected chi connectivity index (χ0v) is 16.0. The predicted octanol–water partition coefficient (Wildman–Crippen LogP) is 6.93. The number of rotatable bonds is 5. The molecule has 0 aliphatic rings. The summed E-state index contributed by atoms with van der Waals surface area (Å²) in [6.07, 6.45) is -2.23. The third-order valence-electron chi connectivity index (χ3n) is 4.56. The van der Waals surface area contributed by atoms with Gasteiger partial charge in [-0.15, -0.1) is 11.3 Å². The van der Waals surface area contributed by atoms with Gasteiger partial charge in [0.1, 0.15) is 10.6 Å². The van der Waals surface area contributed by atoms with Crippen molar-refractivity contribution >= 4 is 11.3 Å². The van der Waals surface area contributed by atoms with Crippen LogP contribution in [0.3, 0.4) is 0 Å². The van der Waals surface area contributed by atoms with Crippen LogP contribution in [0.2, 0.25) is 0 Å². The zero-order chi connectivity index (χ0) is 19.6. The first-order valence-corrected chi connectivity index (χ1v) is 9.62. The number of hydrogen-bond acceptors (Lipinski definition) is 2. The topological polar surface area (TPSA) is 20.2 Å². The molecule has 0 amide bonds. The van der Waals surface area contributed by atoms with Gasteiger partial charge in [-0.25, -0.2) is 0 Å². The van der Waals surface area contributed by atoms with Crippen molar-refractivity contribution in [1.82, 2.24) is 0 Å². The standard InChI is InChI=1S/C22H21F3OS/c1-14-11-16(12-15(2)20(14)26)7-6-10-18-13-19(17-8-4-3-5-9-17)21(27-18)22(23,24)25/h3-5,8-9,11-13,26H,6-7,10H2,1-2H3. The summed E-state index contributed by atoms with van der Waals surface area (Å²) in [5, 5.41) is 9.85. The minimum absolute atomic E-state index is 0.263. The highest BCUT2D eigenvalue weighted by Crippen LogP contribution is 2.43. The van der Waals surface area contributed by atoms with Crippen molar-refractivity contribution in [3.63, 3.8) is 0 Å². The molecule has 1 aromatic heterocycles. The van der Waals surface area contributed by atoms with E-state index in [2.05, 4.69) is 0 Å². The molecule has 142 valence electrons. The van der Waals surface area contributed by atoms with Gasteiger partial charge in [-0.3, -0.25) is 0 Å². The van der Waals surface area contributed by atoms with Gasteiger partial charge >= 0.3 is 6.18 Å². The molecular formula is C22H21F3OS. The third kappa shape index (κ3) is 4.53. The second kappa shape index (κ2) is 7.77. The Morgan fingerprint density at radius 1 is 0.926 bits per heavy atom. The van der Waals surface area contributed by atoms with Crippen molar-refractivity contribution in [2.24, 2.45) is 0 Å². The highest BCUT2D eigenvalue weighted by Gasteiger charge is 2.36. The Balaban J connectivity index is 1.77. The van der Waals surface area contributed by atoms with E-state index in [9.17, 15) is 18.3 Å². The number of phenolic OH excluding ortho intramolecular Hbond substituents is 1. The van der Waals surface area contributed by atoms with Crippen LogP contribution >= 0.6 is 11.3 Å². The highest BCUT2D eigenvalue weighted by atomic mass is 32.1. The van der Waals surface area contributed by atoms with Gasteiger partial charge in [0.15, 0.2) is 0 Å². The molecular weight excluding hydrogens is 369 g/mol. The normalized spacial score (nSPS) is 11.7. The molecule has 5 heteroatoms. The molecule has 0 saturated carbocycles. The summed E-state index contributed by atoms with van der Waals surface area (Å²) in [5.74, 6) is 0.305. The fraction of sp³-hybridized carbons (Fsp3) is 0.273. The fourth-order valence-electron chi connectivity index (χ4n) is 3.26. The van der Waals surface area contributed by atoms with E-state index < -0.39 is 11.1 Å². The van der Waals surface area contributed by atoms with Crippen molar-refractivity contribution < 1.29 is 18.3 Å². The Morgan fingerprint density at radius 3 is 2.15 bits per heavy atom. The Bertz CT molecular complexity index is 903. The van der Waals surface area contributed by atoms with Gasteiger partial charge in [0.25, 0.3) is 0 Å². The van der Waals surface area contributed by atoms with Crippen LogP contribution in [0.4, 0.5) is 13.2 Å². The predicted molar refractivity (Wildman–Crippen MR) is 104 cm³/mol. The molecule has 1 nitrogen and oxygen atoms in total. The van der Waals surface area contributed by atoms with Crippen molar-refractivity contribution in [2.75, 3.05) is 0 Å². The number of aromatic hydroxyl groups is 1. The number of thiophene rings is 1. The summed E-state index contributed by atoms with van der Waals surface area (Å²) < 4.78 is 40.3. The Kier molecular flexibility index (Phi) is 5.61. The molecule has 1 heterocycles. The minimum Gasteiger partial charge on any atom is -0.507 e. The molecule has 0 atom stereocenters. The lowest BCUT2D eigenvalue weighted by molar-refractivity contribution is -0.133. The van der Waals surface area contributed by atoms with Crippen molar-refractivity contribution in [1.29, 1.82) is 0 Å². The number of hydrogen-bond donors (Lipinski definition) is 1. The van der Waals surface area contributed by atoms with Crippen molar-refractivity contribution in [2.45, 2.75) is 39.3 Å². The van der Waals surface area contributed by atoms with Crippen LogP contribution < -0.4 is 0 Å². The Morgan fingerprint density at radius 2 is 1.56 bits per heavy atom. The molecule has 0 aliphatic heterocycles. The molecule has 3 aromatic rings. The molecule has 0 fully saturated rings. The van der Waals surface area contributed by atoms with Crippen LogP contribution in [0.15, 0.2) is 48.5 Å². The number of aryl methyl sites for hydroxylation is 4. The van der Waals surface area contributed by atoms with Gasteiger partial charge in [-0.05, 0) is 61.4 Å². The van der Waals surface area contributed by atoms with Gasteiger partial charge < -0.3 is 5.11 Å². The average Bonchev–Trinajstić information content (AvgIpc) is 3.05.